The summed E-state index contributed by atoms with van der Waals surface area (Å²) in [5.41, 5.74) is 1.71. The lowest BCUT2D eigenvalue weighted by molar-refractivity contribution is -0.0710. The lowest BCUT2D eigenvalue weighted by Gasteiger charge is -2.44. The number of urea groups is 1. The molecule has 2 amide bonds. The Morgan fingerprint density at radius 2 is 1.92 bits per heavy atom. The molecule has 36 heavy (non-hydrogen) atoms. The van der Waals surface area contributed by atoms with E-state index in [1.165, 1.54) is 0 Å². The van der Waals surface area contributed by atoms with Crippen LogP contribution in [0.4, 0.5) is 29.3 Å². The van der Waals surface area contributed by atoms with Gasteiger partial charge in [0, 0.05) is 37.0 Å². The predicted octanol–water partition coefficient (Wildman–Crippen LogP) is 6.15. The van der Waals surface area contributed by atoms with Gasteiger partial charge in [-0.05, 0) is 30.4 Å². The third kappa shape index (κ3) is 6.07. The number of halogens is 4. The zero-order valence-electron chi connectivity index (χ0n) is 20.4. The van der Waals surface area contributed by atoms with Crippen molar-refractivity contribution in [1.29, 1.82) is 0 Å². The van der Waals surface area contributed by atoms with E-state index in [1.54, 1.807) is 4.90 Å². The smallest absolute Gasteiger partial charge is 0.326 e. The summed E-state index contributed by atoms with van der Waals surface area (Å²) in [5, 5.41) is 2.42. The van der Waals surface area contributed by atoms with Crippen molar-refractivity contribution < 1.29 is 27.4 Å². The lowest BCUT2D eigenvalue weighted by atomic mass is 9.96. The van der Waals surface area contributed by atoms with Crippen LogP contribution in [0, 0.1) is 5.82 Å². The van der Waals surface area contributed by atoms with Crippen molar-refractivity contribution in [3.8, 4) is 5.75 Å². The van der Waals surface area contributed by atoms with Gasteiger partial charge in [0.25, 0.3) is 6.43 Å². The Balaban J connectivity index is 1.63. The van der Waals surface area contributed by atoms with Gasteiger partial charge in [-0.25, -0.2) is 18.0 Å². The van der Waals surface area contributed by atoms with Crippen LogP contribution in [0.25, 0.3) is 0 Å². The largest absolute Gasteiger partial charge is 0.485 e. The Kier molecular flexibility index (Phi) is 8.64. The molecule has 2 aliphatic heterocycles. The van der Waals surface area contributed by atoms with E-state index in [2.05, 4.69) is 24.1 Å². The Bertz CT molecular complexity index is 1060. The summed E-state index contributed by atoms with van der Waals surface area (Å²) >= 11 is 5.85. The molecule has 0 bridgehead atoms. The summed E-state index contributed by atoms with van der Waals surface area (Å²) in [6.07, 6.45) is -1.24. The molecule has 0 unspecified atom stereocenters. The first-order valence-electron chi connectivity index (χ1n) is 12.2. The number of carbonyl (C=O) groups is 1. The molecule has 0 spiro atoms. The second-order valence-electron chi connectivity index (χ2n) is 9.44. The maximum Gasteiger partial charge on any atom is 0.326 e. The molecule has 2 fully saturated rings. The number of piperidine rings is 1. The summed E-state index contributed by atoms with van der Waals surface area (Å²) in [7, 11) is 0. The fraction of sp³-hybridized carbons (Fsp3) is 0.500. The Labute approximate surface area is 214 Å². The van der Waals surface area contributed by atoms with Gasteiger partial charge in [0.05, 0.1) is 30.0 Å². The number of ether oxygens (including phenoxy) is 2. The van der Waals surface area contributed by atoms with Gasteiger partial charge in [0.1, 0.15) is 18.2 Å². The molecule has 2 aromatic carbocycles. The van der Waals surface area contributed by atoms with Crippen molar-refractivity contribution in [2.24, 2.45) is 0 Å². The van der Waals surface area contributed by atoms with Gasteiger partial charge >= 0.3 is 6.03 Å². The lowest BCUT2D eigenvalue weighted by Crippen LogP contribution is -2.55. The van der Waals surface area contributed by atoms with Crippen molar-refractivity contribution in [2.45, 2.75) is 51.1 Å². The van der Waals surface area contributed by atoms with Gasteiger partial charge in [-0.15, -0.1) is 0 Å². The molecule has 2 saturated heterocycles. The summed E-state index contributed by atoms with van der Waals surface area (Å²) in [5.74, 6) is -0.755. The van der Waals surface area contributed by atoms with Crippen LogP contribution in [0.5, 0.6) is 5.75 Å². The fourth-order valence-electron chi connectivity index (χ4n) is 4.68. The number of amides is 2. The predicted molar refractivity (Wildman–Crippen MR) is 134 cm³/mol. The van der Waals surface area contributed by atoms with Crippen LogP contribution in [0.15, 0.2) is 36.4 Å². The molecule has 6 nitrogen and oxygen atoms in total. The van der Waals surface area contributed by atoms with E-state index in [0.717, 1.165) is 62.5 Å². The van der Waals surface area contributed by atoms with E-state index in [1.807, 2.05) is 24.3 Å². The van der Waals surface area contributed by atoms with Gasteiger partial charge in [0.15, 0.2) is 0 Å². The highest BCUT2D eigenvalue weighted by Gasteiger charge is 2.35. The number of benzene rings is 2. The van der Waals surface area contributed by atoms with Crippen LogP contribution in [0.2, 0.25) is 5.02 Å². The molecular formula is C26H31ClF3N3O3. The second kappa shape index (κ2) is 11.7. The quantitative estimate of drug-likeness (QED) is 0.449. The van der Waals surface area contributed by atoms with Gasteiger partial charge in [0.2, 0.25) is 0 Å². The number of likely N-dealkylation sites (tertiary alicyclic amines) is 1. The second-order valence-corrected chi connectivity index (χ2v) is 9.84. The number of carbonyl (C=O) groups excluding carboxylic acids is 1. The molecule has 0 saturated carbocycles. The highest BCUT2D eigenvalue weighted by molar-refractivity contribution is 6.31. The van der Waals surface area contributed by atoms with E-state index < -0.39 is 24.9 Å². The topological polar surface area (TPSA) is 54.0 Å². The van der Waals surface area contributed by atoms with Crippen molar-refractivity contribution in [2.75, 3.05) is 43.1 Å². The molecule has 0 radical (unpaired) electrons. The SMILES string of the molecule is CC(C)c1ccccc1N(C(=O)Nc1cc(F)c(Cl)cc1OCC(F)F)C1CCN(C2COC2)CC1. The molecule has 2 heterocycles. The van der Waals surface area contributed by atoms with Crippen molar-refractivity contribution in [3.05, 3.63) is 52.8 Å². The van der Waals surface area contributed by atoms with E-state index in [-0.39, 0.29) is 28.4 Å². The van der Waals surface area contributed by atoms with Crippen LogP contribution in [0.3, 0.4) is 0 Å². The molecule has 2 aromatic rings. The summed E-state index contributed by atoms with van der Waals surface area (Å²) in [4.78, 5) is 17.9. The maximum atomic E-state index is 14.3. The van der Waals surface area contributed by atoms with E-state index in [0.29, 0.717) is 6.04 Å². The van der Waals surface area contributed by atoms with Crippen LogP contribution >= 0.6 is 11.6 Å². The Hall–Kier alpha value is -2.49. The number of nitrogens with zero attached hydrogens (tertiary/aromatic N) is 2. The standard InChI is InChI=1S/C26H31ClF3N3O3/c1-16(2)19-5-3-4-6-23(19)33(17-7-9-32(10-8-17)18-13-35-14-18)26(34)31-22-12-21(28)20(27)11-24(22)36-15-25(29)30/h3-6,11-12,16-18,25H,7-10,13-15H2,1-2H3,(H,31,34). The summed E-state index contributed by atoms with van der Waals surface area (Å²) in [6.45, 7) is 6.31. The number of hydrogen-bond donors (Lipinski definition) is 1. The zero-order valence-corrected chi connectivity index (χ0v) is 21.1. The Morgan fingerprint density at radius 3 is 2.53 bits per heavy atom. The molecule has 0 aromatic heterocycles. The highest BCUT2D eigenvalue weighted by atomic mass is 35.5. The van der Waals surface area contributed by atoms with E-state index in [4.69, 9.17) is 21.1 Å². The Morgan fingerprint density at radius 1 is 1.22 bits per heavy atom. The van der Waals surface area contributed by atoms with E-state index >= 15 is 0 Å². The van der Waals surface area contributed by atoms with Gasteiger partial charge < -0.3 is 14.8 Å². The van der Waals surface area contributed by atoms with Gasteiger partial charge in [-0.2, -0.15) is 0 Å². The average Bonchev–Trinajstić information content (AvgIpc) is 2.80. The minimum Gasteiger partial charge on any atom is -0.485 e. The fourth-order valence-corrected chi connectivity index (χ4v) is 4.84. The average molecular weight is 526 g/mol. The molecular weight excluding hydrogens is 495 g/mol. The minimum absolute atomic E-state index is 0.0568. The van der Waals surface area contributed by atoms with Crippen molar-refractivity contribution in [3.63, 3.8) is 0 Å². The van der Waals surface area contributed by atoms with Crippen LogP contribution in [0.1, 0.15) is 38.2 Å². The van der Waals surface area contributed by atoms with Crippen LogP contribution < -0.4 is 15.0 Å². The van der Waals surface area contributed by atoms with E-state index in [9.17, 15) is 18.0 Å². The van der Waals surface area contributed by atoms with Crippen LogP contribution in [-0.4, -0.2) is 62.4 Å². The highest BCUT2D eigenvalue weighted by Crippen LogP contribution is 2.35. The van der Waals surface area contributed by atoms with Gasteiger partial charge in [-0.1, -0.05) is 43.6 Å². The number of alkyl halides is 2. The monoisotopic (exact) mass is 525 g/mol. The number of rotatable bonds is 8. The first-order chi connectivity index (χ1) is 17.2. The number of para-hydroxylation sites is 1. The molecule has 1 N–H and O–H groups in total. The first-order valence-corrected chi connectivity index (χ1v) is 12.5. The van der Waals surface area contributed by atoms with Crippen LogP contribution in [-0.2, 0) is 4.74 Å². The maximum absolute atomic E-state index is 14.3. The molecule has 4 rings (SSSR count). The summed E-state index contributed by atoms with van der Waals surface area (Å²) in [6, 6.07) is 9.61. The number of hydrogen-bond acceptors (Lipinski definition) is 4. The van der Waals surface area contributed by atoms with Gasteiger partial charge in [-0.3, -0.25) is 9.80 Å². The number of nitrogens with one attached hydrogen (secondary N) is 1. The molecule has 10 heteroatoms. The molecule has 0 atom stereocenters. The zero-order chi connectivity index (χ0) is 25.8. The summed E-state index contributed by atoms with van der Waals surface area (Å²) < 4.78 is 50.3. The molecule has 196 valence electrons. The minimum atomic E-state index is -2.74. The third-order valence-electron chi connectivity index (χ3n) is 6.67. The number of anilines is 2. The normalized spacial score (nSPS) is 17.3. The van der Waals surface area contributed by atoms with Crippen molar-refractivity contribution >= 4 is 29.0 Å². The van der Waals surface area contributed by atoms with Crippen molar-refractivity contribution in [1.82, 2.24) is 4.90 Å². The molecule has 2 aliphatic rings. The third-order valence-corrected chi connectivity index (χ3v) is 6.96. The molecule has 0 aliphatic carbocycles. The first kappa shape index (κ1) is 26.6.